The van der Waals surface area contributed by atoms with Crippen LogP contribution in [0.2, 0.25) is 0 Å². The molecule has 1 aliphatic heterocycles. The number of nitro benzene ring substituents is 1. The number of nitrogens with zero attached hydrogens (tertiary/aromatic N) is 3. The predicted molar refractivity (Wildman–Crippen MR) is 69.3 cm³/mol. The van der Waals surface area contributed by atoms with Gasteiger partial charge < -0.3 is 15.2 Å². The minimum atomic E-state index is -0.506. The van der Waals surface area contributed by atoms with Crippen LogP contribution in [-0.4, -0.2) is 40.9 Å². The van der Waals surface area contributed by atoms with E-state index in [0.717, 1.165) is 5.56 Å². The number of carbonyl (C=O) groups excluding carboxylic acids is 1. The quantitative estimate of drug-likeness (QED) is 0.475. The summed E-state index contributed by atoms with van der Waals surface area (Å²) in [5, 5.41) is 10.8. The predicted octanol–water partition coefficient (Wildman–Crippen LogP) is 0.748. The van der Waals surface area contributed by atoms with Gasteiger partial charge in [0.2, 0.25) is 0 Å². The standard InChI is InChI=1S/C11H15N5O3/c1-14-4-5-15(11(14)17)7-8-2-3-10(16(18)19)9(6-8)13-12/h2-3,6,13H,4-5,7,12H2,1H3. The summed E-state index contributed by atoms with van der Waals surface area (Å²) >= 11 is 0. The van der Waals surface area contributed by atoms with Crippen LogP contribution in [0.25, 0.3) is 0 Å². The molecule has 0 unspecified atom stereocenters. The highest BCUT2D eigenvalue weighted by molar-refractivity contribution is 5.76. The molecule has 0 radical (unpaired) electrons. The van der Waals surface area contributed by atoms with Crippen LogP contribution in [0, 0.1) is 10.1 Å². The van der Waals surface area contributed by atoms with Gasteiger partial charge in [0.05, 0.1) is 4.92 Å². The number of hydrazine groups is 1. The zero-order chi connectivity index (χ0) is 14.0. The first-order chi connectivity index (χ1) is 9.02. The third kappa shape index (κ3) is 2.58. The lowest BCUT2D eigenvalue weighted by Crippen LogP contribution is -2.29. The molecule has 3 N–H and O–H groups in total. The highest BCUT2D eigenvalue weighted by Crippen LogP contribution is 2.25. The summed E-state index contributed by atoms with van der Waals surface area (Å²) in [6.45, 7) is 1.75. The molecule has 1 aliphatic rings. The molecule has 1 heterocycles. The van der Waals surface area contributed by atoms with E-state index in [1.807, 2.05) is 0 Å². The molecule has 1 aromatic carbocycles. The number of nitrogens with one attached hydrogen (secondary N) is 1. The molecule has 1 saturated heterocycles. The van der Waals surface area contributed by atoms with E-state index >= 15 is 0 Å². The Balaban J connectivity index is 2.18. The maximum atomic E-state index is 11.7. The molecule has 8 nitrogen and oxygen atoms in total. The van der Waals surface area contributed by atoms with Crippen molar-refractivity contribution in [2.75, 3.05) is 25.6 Å². The van der Waals surface area contributed by atoms with Crippen molar-refractivity contribution >= 4 is 17.4 Å². The number of rotatable bonds is 4. The number of carbonyl (C=O) groups is 1. The Bertz CT molecular complexity index is 519. The molecule has 8 heteroatoms. The van der Waals surface area contributed by atoms with Crippen LogP contribution in [0.1, 0.15) is 5.56 Å². The molecule has 0 aromatic heterocycles. The summed E-state index contributed by atoms with van der Waals surface area (Å²) in [6, 6.07) is 4.56. The Morgan fingerprint density at radius 1 is 1.47 bits per heavy atom. The van der Waals surface area contributed by atoms with Gasteiger partial charge in [-0.15, -0.1) is 0 Å². The van der Waals surface area contributed by atoms with Gasteiger partial charge in [-0.2, -0.15) is 0 Å². The lowest BCUT2D eigenvalue weighted by atomic mass is 10.1. The van der Waals surface area contributed by atoms with Crippen molar-refractivity contribution in [3.8, 4) is 0 Å². The van der Waals surface area contributed by atoms with Gasteiger partial charge in [0.15, 0.2) is 0 Å². The van der Waals surface area contributed by atoms with Crippen LogP contribution in [0.3, 0.4) is 0 Å². The molecule has 0 saturated carbocycles. The third-order valence-electron chi connectivity index (χ3n) is 3.09. The summed E-state index contributed by atoms with van der Waals surface area (Å²) in [6.07, 6.45) is 0. The minimum absolute atomic E-state index is 0.0411. The number of anilines is 1. The second-order valence-electron chi connectivity index (χ2n) is 4.38. The van der Waals surface area contributed by atoms with Gasteiger partial charge in [-0.1, -0.05) is 6.07 Å². The van der Waals surface area contributed by atoms with Crippen LogP contribution in [0.4, 0.5) is 16.2 Å². The average molecular weight is 265 g/mol. The SMILES string of the molecule is CN1CCN(Cc2ccc([N+](=O)[O-])c(NN)c2)C1=O. The number of amides is 2. The van der Waals surface area contributed by atoms with E-state index in [9.17, 15) is 14.9 Å². The van der Waals surface area contributed by atoms with Crippen LogP contribution in [-0.2, 0) is 6.54 Å². The molecule has 1 aromatic rings. The maximum absolute atomic E-state index is 11.7. The van der Waals surface area contributed by atoms with Crippen LogP contribution >= 0.6 is 0 Å². The molecule has 0 atom stereocenters. The number of nitrogen functional groups attached to an aromatic ring is 1. The second kappa shape index (κ2) is 5.11. The van der Waals surface area contributed by atoms with E-state index in [4.69, 9.17) is 5.84 Å². The first-order valence-electron chi connectivity index (χ1n) is 5.77. The van der Waals surface area contributed by atoms with Crippen LogP contribution in [0.15, 0.2) is 18.2 Å². The van der Waals surface area contributed by atoms with Crippen molar-refractivity contribution in [3.05, 3.63) is 33.9 Å². The molecule has 102 valence electrons. The van der Waals surface area contributed by atoms with Crippen molar-refractivity contribution in [1.82, 2.24) is 9.80 Å². The molecule has 1 fully saturated rings. The van der Waals surface area contributed by atoms with Crippen molar-refractivity contribution in [3.63, 3.8) is 0 Å². The minimum Gasteiger partial charge on any atom is -0.326 e. The molecule has 2 amide bonds. The Hall–Kier alpha value is -2.35. The molecule has 0 spiro atoms. The van der Waals surface area contributed by atoms with Gasteiger partial charge >= 0.3 is 6.03 Å². The number of nitro groups is 1. The Morgan fingerprint density at radius 2 is 2.21 bits per heavy atom. The average Bonchev–Trinajstić information content (AvgIpc) is 2.70. The maximum Gasteiger partial charge on any atom is 0.320 e. The summed E-state index contributed by atoms with van der Waals surface area (Å²) in [4.78, 5) is 25.3. The van der Waals surface area contributed by atoms with E-state index in [1.54, 1.807) is 29.0 Å². The van der Waals surface area contributed by atoms with E-state index in [0.29, 0.717) is 19.6 Å². The van der Waals surface area contributed by atoms with Crippen molar-refractivity contribution in [2.45, 2.75) is 6.54 Å². The number of hydrogen-bond acceptors (Lipinski definition) is 5. The first kappa shape index (κ1) is 13.1. The lowest BCUT2D eigenvalue weighted by molar-refractivity contribution is -0.384. The second-order valence-corrected chi connectivity index (χ2v) is 4.38. The molecule has 0 aliphatic carbocycles. The van der Waals surface area contributed by atoms with Crippen molar-refractivity contribution in [2.24, 2.45) is 5.84 Å². The van der Waals surface area contributed by atoms with Gasteiger partial charge in [-0.25, -0.2) is 4.79 Å². The fraction of sp³-hybridized carbons (Fsp3) is 0.364. The number of urea groups is 1. The van der Waals surface area contributed by atoms with Gasteiger partial charge in [-0.3, -0.25) is 16.0 Å². The highest BCUT2D eigenvalue weighted by Gasteiger charge is 2.25. The molecule has 0 bridgehead atoms. The van der Waals surface area contributed by atoms with Gasteiger partial charge in [0, 0.05) is 32.7 Å². The molecular formula is C11H15N5O3. The summed E-state index contributed by atoms with van der Waals surface area (Å²) < 4.78 is 0. The fourth-order valence-electron chi connectivity index (χ4n) is 2.03. The van der Waals surface area contributed by atoms with Crippen LogP contribution < -0.4 is 11.3 Å². The summed E-state index contributed by atoms with van der Waals surface area (Å²) in [5.74, 6) is 5.27. The number of benzene rings is 1. The molecule has 2 rings (SSSR count). The molecule has 19 heavy (non-hydrogen) atoms. The van der Waals surface area contributed by atoms with E-state index < -0.39 is 4.92 Å². The fourth-order valence-corrected chi connectivity index (χ4v) is 2.03. The zero-order valence-electron chi connectivity index (χ0n) is 10.5. The van der Waals surface area contributed by atoms with E-state index in [2.05, 4.69) is 5.43 Å². The lowest BCUT2D eigenvalue weighted by Gasteiger charge is -2.16. The number of nitrogens with two attached hydrogens (primary N) is 1. The van der Waals surface area contributed by atoms with E-state index in [-0.39, 0.29) is 17.4 Å². The van der Waals surface area contributed by atoms with Gasteiger partial charge in [-0.05, 0) is 11.6 Å². The number of likely N-dealkylation sites (N-methyl/N-ethyl adjacent to an activating group) is 1. The zero-order valence-corrected chi connectivity index (χ0v) is 10.5. The van der Waals surface area contributed by atoms with Gasteiger partial charge in [0.1, 0.15) is 5.69 Å². The topological polar surface area (TPSA) is 105 Å². The Kier molecular flexibility index (Phi) is 3.52. The van der Waals surface area contributed by atoms with E-state index in [1.165, 1.54) is 6.07 Å². The Morgan fingerprint density at radius 3 is 2.74 bits per heavy atom. The smallest absolute Gasteiger partial charge is 0.320 e. The Labute approximate surface area is 109 Å². The monoisotopic (exact) mass is 265 g/mol. The summed E-state index contributed by atoms with van der Waals surface area (Å²) in [7, 11) is 1.74. The van der Waals surface area contributed by atoms with Crippen LogP contribution in [0.5, 0.6) is 0 Å². The number of hydrogen-bond donors (Lipinski definition) is 2. The first-order valence-corrected chi connectivity index (χ1v) is 5.77. The summed E-state index contributed by atoms with van der Waals surface area (Å²) in [5.41, 5.74) is 3.25. The highest BCUT2D eigenvalue weighted by atomic mass is 16.6. The van der Waals surface area contributed by atoms with Gasteiger partial charge in [0.25, 0.3) is 5.69 Å². The largest absolute Gasteiger partial charge is 0.326 e. The normalized spacial score (nSPS) is 14.9. The van der Waals surface area contributed by atoms with Crippen molar-refractivity contribution in [1.29, 1.82) is 0 Å². The third-order valence-corrected chi connectivity index (χ3v) is 3.09. The van der Waals surface area contributed by atoms with Crippen molar-refractivity contribution < 1.29 is 9.72 Å². The molecular weight excluding hydrogens is 250 g/mol.